The van der Waals surface area contributed by atoms with Crippen molar-refractivity contribution in [3.05, 3.63) is 35.4 Å². The first kappa shape index (κ1) is 10.7. The standard InChI is InChI=1S/C13H18O2/c1-9(14)10-2-4-11(5-3-10)12-6-7-13(15)8-12/h2-5,9,12-15H,6-8H2,1H3. The van der Waals surface area contributed by atoms with Gasteiger partial charge in [0, 0.05) is 0 Å². The Hall–Kier alpha value is -0.860. The van der Waals surface area contributed by atoms with Crippen molar-refractivity contribution in [3.8, 4) is 0 Å². The number of benzene rings is 1. The molecule has 1 aromatic rings. The van der Waals surface area contributed by atoms with Gasteiger partial charge in [-0.05, 0) is 43.2 Å². The van der Waals surface area contributed by atoms with Crippen LogP contribution in [0.1, 0.15) is 49.3 Å². The van der Waals surface area contributed by atoms with Crippen molar-refractivity contribution in [3.63, 3.8) is 0 Å². The average molecular weight is 206 g/mol. The molecule has 0 heterocycles. The normalized spacial score (nSPS) is 27.9. The van der Waals surface area contributed by atoms with Crippen LogP contribution in [0.4, 0.5) is 0 Å². The molecule has 2 heteroatoms. The summed E-state index contributed by atoms with van der Waals surface area (Å²) < 4.78 is 0. The predicted molar refractivity (Wildman–Crippen MR) is 59.7 cm³/mol. The van der Waals surface area contributed by atoms with E-state index in [0.29, 0.717) is 5.92 Å². The second-order valence-electron chi connectivity index (χ2n) is 4.51. The Kier molecular flexibility index (Phi) is 3.08. The van der Waals surface area contributed by atoms with Gasteiger partial charge in [-0.2, -0.15) is 0 Å². The Bertz CT molecular complexity index is 316. The summed E-state index contributed by atoms with van der Waals surface area (Å²) >= 11 is 0. The molecule has 2 N–H and O–H groups in total. The topological polar surface area (TPSA) is 40.5 Å². The highest BCUT2D eigenvalue weighted by molar-refractivity contribution is 5.27. The lowest BCUT2D eigenvalue weighted by molar-refractivity contribution is 0.181. The number of hydrogen-bond donors (Lipinski definition) is 2. The highest BCUT2D eigenvalue weighted by atomic mass is 16.3. The van der Waals surface area contributed by atoms with Crippen LogP contribution in [0.3, 0.4) is 0 Å². The number of aliphatic hydroxyl groups excluding tert-OH is 2. The van der Waals surface area contributed by atoms with Crippen LogP contribution in [-0.4, -0.2) is 16.3 Å². The van der Waals surface area contributed by atoms with Gasteiger partial charge in [-0.25, -0.2) is 0 Å². The summed E-state index contributed by atoms with van der Waals surface area (Å²) in [6, 6.07) is 8.10. The lowest BCUT2D eigenvalue weighted by atomic mass is 9.96. The van der Waals surface area contributed by atoms with Gasteiger partial charge < -0.3 is 10.2 Å². The zero-order valence-electron chi connectivity index (χ0n) is 9.06. The maximum absolute atomic E-state index is 9.46. The van der Waals surface area contributed by atoms with Gasteiger partial charge in [0.1, 0.15) is 0 Å². The molecule has 1 aliphatic carbocycles. The minimum Gasteiger partial charge on any atom is -0.393 e. The van der Waals surface area contributed by atoms with Gasteiger partial charge in [0.15, 0.2) is 0 Å². The molecule has 0 amide bonds. The molecule has 3 unspecified atom stereocenters. The molecule has 0 saturated heterocycles. The summed E-state index contributed by atoms with van der Waals surface area (Å²) in [4.78, 5) is 0. The average Bonchev–Trinajstić information content (AvgIpc) is 2.65. The zero-order valence-corrected chi connectivity index (χ0v) is 9.06. The van der Waals surface area contributed by atoms with E-state index < -0.39 is 6.10 Å². The van der Waals surface area contributed by atoms with Crippen molar-refractivity contribution < 1.29 is 10.2 Å². The molecular weight excluding hydrogens is 188 g/mol. The van der Waals surface area contributed by atoms with Crippen molar-refractivity contribution >= 4 is 0 Å². The van der Waals surface area contributed by atoms with Crippen LogP contribution in [0, 0.1) is 0 Å². The summed E-state index contributed by atoms with van der Waals surface area (Å²) in [5.74, 6) is 0.503. The molecule has 0 radical (unpaired) electrons. The van der Waals surface area contributed by atoms with Crippen LogP contribution in [0.15, 0.2) is 24.3 Å². The van der Waals surface area contributed by atoms with Crippen molar-refractivity contribution in [2.75, 3.05) is 0 Å². The maximum atomic E-state index is 9.46. The summed E-state index contributed by atoms with van der Waals surface area (Å²) in [7, 11) is 0. The molecule has 82 valence electrons. The van der Waals surface area contributed by atoms with E-state index >= 15 is 0 Å². The van der Waals surface area contributed by atoms with Gasteiger partial charge in [0.25, 0.3) is 0 Å². The third-order valence-corrected chi connectivity index (χ3v) is 3.30. The second-order valence-corrected chi connectivity index (χ2v) is 4.51. The fraction of sp³-hybridized carbons (Fsp3) is 0.538. The van der Waals surface area contributed by atoms with Crippen molar-refractivity contribution in [2.45, 2.75) is 44.3 Å². The third kappa shape index (κ3) is 2.39. The highest BCUT2D eigenvalue weighted by Crippen LogP contribution is 2.34. The molecule has 15 heavy (non-hydrogen) atoms. The molecule has 3 atom stereocenters. The van der Waals surface area contributed by atoms with Crippen LogP contribution in [0.25, 0.3) is 0 Å². The number of aliphatic hydroxyl groups is 2. The van der Waals surface area contributed by atoms with E-state index in [-0.39, 0.29) is 6.10 Å². The second kappa shape index (κ2) is 4.33. The number of hydrogen-bond acceptors (Lipinski definition) is 2. The Balaban J connectivity index is 2.10. The van der Waals surface area contributed by atoms with Crippen molar-refractivity contribution in [2.24, 2.45) is 0 Å². The monoisotopic (exact) mass is 206 g/mol. The van der Waals surface area contributed by atoms with Gasteiger partial charge in [0.2, 0.25) is 0 Å². The van der Waals surface area contributed by atoms with Crippen LogP contribution < -0.4 is 0 Å². The Labute approximate surface area is 90.6 Å². The fourth-order valence-corrected chi connectivity index (χ4v) is 2.31. The zero-order chi connectivity index (χ0) is 10.8. The lowest BCUT2D eigenvalue weighted by Gasteiger charge is -2.11. The molecule has 0 aliphatic heterocycles. The fourth-order valence-electron chi connectivity index (χ4n) is 2.31. The van der Waals surface area contributed by atoms with Gasteiger partial charge in [-0.1, -0.05) is 24.3 Å². The first-order valence-electron chi connectivity index (χ1n) is 5.63. The maximum Gasteiger partial charge on any atom is 0.0761 e. The summed E-state index contributed by atoms with van der Waals surface area (Å²) in [6.07, 6.45) is 2.37. The SMILES string of the molecule is CC(O)c1ccc(C2CCC(O)C2)cc1. The van der Waals surface area contributed by atoms with Crippen LogP contribution in [-0.2, 0) is 0 Å². The van der Waals surface area contributed by atoms with Crippen LogP contribution in [0.5, 0.6) is 0 Å². The Morgan fingerprint density at radius 3 is 2.33 bits per heavy atom. The van der Waals surface area contributed by atoms with E-state index in [9.17, 15) is 10.2 Å². The summed E-state index contributed by atoms with van der Waals surface area (Å²) in [5, 5.41) is 18.8. The van der Waals surface area contributed by atoms with E-state index in [1.54, 1.807) is 6.92 Å². The van der Waals surface area contributed by atoms with Gasteiger partial charge in [-0.15, -0.1) is 0 Å². The Morgan fingerprint density at radius 2 is 1.87 bits per heavy atom. The predicted octanol–water partition coefficient (Wildman–Crippen LogP) is 2.37. The quantitative estimate of drug-likeness (QED) is 0.780. The molecule has 1 aromatic carbocycles. The van der Waals surface area contributed by atoms with E-state index in [1.807, 2.05) is 12.1 Å². The summed E-state index contributed by atoms with van der Waals surface area (Å²) in [5.41, 5.74) is 2.24. The van der Waals surface area contributed by atoms with Crippen LogP contribution >= 0.6 is 0 Å². The molecule has 1 saturated carbocycles. The highest BCUT2D eigenvalue weighted by Gasteiger charge is 2.23. The smallest absolute Gasteiger partial charge is 0.0761 e. The molecule has 2 nitrogen and oxygen atoms in total. The van der Waals surface area contributed by atoms with E-state index in [0.717, 1.165) is 24.8 Å². The largest absolute Gasteiger partial charge is 0.393 e. The van der Waals surface area contributed by atoms with E-state index in [4.69, 9.17) is 0 Å². The number of rotatable bonds is 2. The minimum absolute atomic E-state index is 0.119. The van der Waals surface area contributed by atoms with Crippen LogP contribution in [0.2, 0.25) is 0 Å². The molecule has 0 bridgehead atoms. The van der Waals surface area contributed by atoms with Gasteiger partial charge in [-0.3, -0.25) is 0 Å². The lowest BCUT2D eigenvalue weighted by Crippen LogP contribution is -2.00. The molecule has 2 rings (SSSR count). The molecule has 0 spiro atoms. The van der Waals surface area contributed by atoms with E-state index in [1.165, 1.54) is 5.56 Å². The Morgan fingerprint density at radius 1 is 1.20 bits per heavy atom. The minimum atomic E-state index is -0.395. The first-order valence-corrected chi connectivity index (χ1v) is 5.63. The first-order chi connectivity index (χ1) is 7.16. The van der Waals surface area contributed by atoms with Gasteiger partial charge in [0.05, 0.1) is 12.2 Å². The van der Waals surface area contributed by atoms with Crippen molar-refractivity contribution in [1.29, 1.82) is 0 Å². The summed E-state index contributed by atoms with van der Waals surface area (Å²) in [6.45, 7) is 1.77. The molecular formula is C13H18O2. The third-order valence-electron chi connectivity index (χ3n) is 3.30. The molecule has 1 aliphatic rings. The van der Waals surface area contributed by atoms with E-state index in [2.05, 4.69) is 12.1 Å². The van der Waals surface area contributed by atoms with Gasteiger partial charge >= 0.3 is 0 Å². The van der Waals surface area contributed by atoms with Crippen molar-refractivity contribution in [1.82, 2.24) is 0 Å². The molecule has 1 fully saturated rings. The molecule has 0 aromatic heterocycles.